The summed E-state index contributed by atoms with van der Waals surface area (Å²) in [4.78, 5) is 12.0. The van der Waals surface area contributed by atoms with E-state index in [1.54, 1.807) is 25.3 Å². The number of benzene rings is 2. The Bertz CT molecular complexity index is 851. The molecule has 0 heterocycles. The van der Waals surface area contributed by atoms with Crippen LogP contribution < -0.4 is 10.5 Å². The van der Waals surface area contributed by atoms with E-state index >= 15 is 0 Å². The van der Waals surface area contributed by atoms with Crippen LogP contribution in [0.1, 0.15) is 47.8 Å². The average Bonchev–Trinajstić information content (AvgIpc) is 2.58. The number of carbonyl (C=O) groups is 1. The standard InChI is InChI=1S/C21H24BrNO3/c1-21(2,3)18-11-15(22)10-14(19(18)25-4)7-6-13-8-9-16(23)12-17(13)20(24)26-5/h6-12H,23H2,1-5H3/b7-6+. The number of halogens is 1. The number of esters is 1. The molecule has 0 bridgehead atoms. The maximum absolute atomic E-state index is 12.0. The molecule has 26 heavy (non-hydrogen) atoms. The molecular formula is C21H24BrNO3. The van der Waals surface area contributed by atoms with Gasteiger partial charge in [-0.25, -0.2) is 4.79 Å². The number of hydrogen-bond acceptors (Lipinski definition) is 4. The zero-order valence-corrected chi connectivity index (χ0v) is 17.3. The van der Waals surface area contributed by atoms with Crippen LogP contribution in [0.5, 0.6) is 5.75 Å². The van der Waals surface area contributed by atoms with Crippen LogP contribution >= 0.6 is 15.9 Å². The fourth-order valence-corrected chi connectivity index (χ4v) is 3.18. The van der Waals surface area contributed by atoms with Crippen LogP contribution in [0, 0.1) is 0 Å². The van der Waals surface area contributed by atoms with Gasteiger partial charge in [-0.05, 0) is 35.2 Å². The predicted octanol–water partition coefficient (Wildman–Crippen LogP) is 5.29. The van der Waals surface area contributed by atoms with Gasteiger partial charge in [0.25, 0.3) is 0 Å². The summed E-state index contributed by atoms with van der Waals surface area (Å²) >= 11 is 3.57. The van der Waals surface area contributed by atoms with Crippen molar-refractivity contribution in [3.63, 3.8) is 0 Å². The van der Waals surface area contributed by atoms with Gasteiger partial charge in [0.2, 0.25) is 0 Å². The summed E-state index contributed by atoms with van der Waals surface area (Å²) in [7, 11) is 3.02. The Balaban J connectivity index is 2.56. The zero-order chi connectivity index (χ0) is 19.5. The summed E-state index contributed by atoms with van der Waals surface area (Å²) in [6.45, 7) is 6.42. The van der Waals surface area contributed by atoms with Gasteiger partial charge in [0, 0.05) is 21.3 Å². The molecule has 0 aliphatic rings. The molecular weight excluding hydrogens is 394 g/mol. The third-order valence-corrected chi connectivity index (χ3v) is 4.48. The van der Waals surface area contributed by atoms with E-state index < -0.39 is 5.97 Å². The Morgan fingerprint density at radius 2 is 1.73 bits per heavy atom. The fraction of sp³-hybridized carbons (Fsp3) is 0.286. The number of nitrogen functional groups attached to an aromatic ring is 1. The normalized spacial score (nSPS) is 11.6. The van der Waals surface area contributed by atoms with Crippen LogP contribution in [-0.2, 0) is 10.2 Å². The lowest BCUT2D eigenvalue weighted by Gasteiger charge is -2.24. The molecule has 0 aromatic heterocycles. The highest BCUT2D eigenvalue weighted by Gasteiger charge is 2.21. The van der Waals surface area contributed by atoms with Crippen molar-refractivity contribution in [1.29, 1.82) is 0 Å². The lowest BCUT2D eigenvalue weighted by atomic mass is 9.85. The molecule has 0 saturated carbocycles. The SMILES string of the molecule is COC(=O)c1cc(N)ccc1/C=C/c1cc(Br)cc(C(C)(C)C)c1OC. The van der Waals surface area contributed by atoms with Gasteiger partial charge in [0.05, 0.1) is 19.8 Å². The van der Waals surface area contributed by atoms with Crippen molar-refractivity contribution in [3.05, 3.63) is 57.1 Å². The summed E-state index contributed by atoms with van der Waals surface area (Å²) in [5, 5.41) is 0. The highest BCUT2D eigenvalue weighted by Crippen LogP contribution is 2.37. The number of carbonyl (C=O) groups excluding carboxylic acids is 1. The predicted molar refractivity (Wildman–Crippen MR) is 111 cm³/mol. The molecule has 0 aliphatic carbocycles. The highest BCUT2D eigenvalue weighted by molar-refractivity contribution is 9.10. The van der Waals surface area contributed by atoms with E-state index in [0.29, 0.717) is 11.3 Å². The summed E-state index contributed by atoms with van der Waals surface area (Å²) in [5.41, 5.74) is 9.41. The third-order valence-electron chi connectivity index (χ3n) is 4.02. The maximum Gasteiger partial charge on any atom is 0.338 e. The second kappa shape index (κ2) is 7.96. The maximum atomic E-state index is 12.0. The van der Waals surface area contributed by atoms with Gasteiger partial charge in [-0.15, -0.1) is 0 Å². The molecule has 138 valence electrons. The Morgan fingerprint density at radius 3 is 2.31 bits per heavy atom. The second-order valence-electron chi connectivity index (χ2n) is 7.00. The zero-order valence-electron chi connectivity index (χ0n) is 15.7. The molecule has 0 spiro atoms. The van der Waals surface area contributed by atoms with E-state index in [0.717, 1.165) is 26.9 Å². The Hall–Kier alpha value is -2.27. The van der Waals surface area contributed by atoms with Crippen LogP contribution in [-0.4, -0.2) is 20.2 Å². The van der Waals surface area contributed by atoms with Gasteiger partial charge in [0.15, 0.2) is 0 Å². The quantitative estimate of drug-likeness (QED) is 0.416. The van der Waals surface area contributed by atoms with E-state index in [1.807, 2.05) is 18.2 Å². The van der Waals surface area contributed by atoms with Crippen LogP contribution in [0.4, 0.5) is 5.69 Å². The van der Waals surface area contributed by atoms with Crippen molar-refractivity contribution in [2.45, 2.75) is 26.2 Å². The first-order chi connectivity index (χ1) is 12.2. The van der Waals surface area contributed by atoms with Gasteiger partial charge >= 0.3 is 5.97 Å². The minimum atomic E-state index is -0.423. The van der Waals surface area contributed by atoms with Gasteiger partial charge in [-0.1, -0.05) is 54.9 Å². The lowest BCUT2D eigenvalue weighted by molar-refractivity contribution is 0.0600. The highest BCUT2D eigenvalue weighted by atomic mass is 79.9. The topological polar surface area (TPSA) is 61.5 Å². The van der Waals surface area contributed by atoms with Gasteiger partial charge in [-0.3, -0.25) is 0 Å². The third kappa shape index (κ3) is 4.47. The average molecular weight is 418 g/mol. The first-order valence-electron chi connectivity index (χ1n) is 8.21. The molecule has 0 amide bonds. The number of rotatable bonds is 4. The van der Waals surface area contributed by atoms with E-state index in [4.69, 9.17) is 15.2 Å². The van der Waals surface area contributed by atoms with Crippen LogP contribution in [0.2, 0.25) is 0 Å². The van der Waals surface area contributed by atoms with Crippen molar-refractivity contribution in [3.8, 4) is 5.75 Å². The first-order valence-corrected chi connectivity index (χ1v) is 9.00. The van der Waals surface area contributed by atoms with Crippen molar-refractivity contribution >= 4 is 39.7 Å². The van der Waals surface area contributed by atoms with Crippen molar-refractivity contribution in [1.82, 2.24) is 0 Å². The molecule has 0 unspecified atom stereocenters. The lowest BCUT2D eigenvalue weighted by Crippen LogP contribution is -2.13. The largest absolute Gasteiger partial charge is 0.496 e. The number of nitrogens with two attached hydrogens (primary N) is 1. The fourth-order valence-electron chi connectivity index (χ4n) is 2.71. The molecule has 2 aromatic carbocycles. The molecule has 0 radical (unpaired) electrons. The van der Waals surface area contributed by atoms with Gasteiger partial charge < -0.3 is 15.2 Å². The molecule has 2 rings (SSSR count). The molecule has 0 aliphatic heterocycles. The molecule has 5 heteroatoms. The smallest absolute Gasteiger partial charge is 0.338 e. The number of anilines is 1. The number of ether oxygens (including phenoxy) is 2. The molecule has 0 fully saturated rings. The van der Waals surface area contributed by atoms with E-state index in [1.165, 1.54) is 7.11 Å². The van der Waals surface area contributed by atoms with Gasteiger partial charge in [0.1, 0.15) is 5.75 Å². The second-order valence-corrected chi connectivity index (χ2v) is 7.91. The Labute approximate surface area is 163 Å². The van der Waals surface area contributed by atoms with E-state index in [-0.39, 0.29) is 5.41 Å². The van der Waals surface area contributed by atoms with Crippen LogP contribution in [0.15, 0.2) is 34.8 Å². The van der Waals surface area contributed by atoms with Crippen molar-refractivity contribution in [2.75, 3.05) is 20.0 Å². The number of hydrogen-bond donors (Lipinski definition) is 1. The molecule has 4 nitrogen and oxygen atoms in total. The monoisotopic (exact) mass is 417 g/mol. The molecule has 0 saturated heterocycles. The summed E-state index contributed by atoms with van der Waals surface area (Å²) in [5.74, 6) is 0.389. The van der Waals surface area contributed by atoms with Crippen molar-refractivity contribution in [2.24, 2.45) is 0 Å². The summed E-state index contributed by atoms with van der Waals surface area (Å²) < 4.78 is 11.5. The minimum Gasteiger partial charge on any atom is -0.496 e. The molecule has 2 N–H and O–H groups in total. The summed E-state index contributed by atoms with van der Waals surface area (Å²) in [6, 6.07) is 9.22. The van der Waals surface area contributed by atoms with E-state index in [9.17, 15) is 4.79 Å². The Kier molecular flexibility index (Phi) is 6.13. The Morgan fingerprint density at radius 1 is 1.08 bits per heavy atom. The first kappa shape index (κ1) is 20.0. The molecule has 0 atom stereocenters. The minimum absolute atomic E-state index is 0.0733. The van der Waals surface area contributed by atoms with Crippen LogP contribution in [0.25, 0.3) is 12.2 Å². The summed E-state index contributed by atoms with van der Waals surface area (Å²) in [6.07, 6.45) is 3.79. The van der Waals surface area contributed by atoms with Gasteiger partial charge in [-0.2, -0.15) is 0 Å². The molecule has 2 aromatic rings. The number of methoxy groups -OCH3 is 2. The van der Waals surface area contributed by atoms with E-state index in [2.05, 4.69) is 42.8 Å². The van der Waals surface area contributed by atoms with Crippen LogP contribution in [0.3, 0.4) is 0 Å². The van der Waals surface area contributed by atoms with Crippen molar-refractivity contribution < 1.29 is 14.3 Å².